The summed E-state index contributed by atoms with van der Waals surface area (Å²) in [6, 6.07) is 12.7. The summed E-state index contributed by atoms with van der Waals surface area (Å²) in [5.74, 6) is 1.36. The van der Waals surface area contributed by atoms with Crippen LogP contribution in [0.4, 0.5) is 0 Å². The first kappa shape index (κ1) is 12.6. The largest absolute Gasteiger partial charge is 0.119 e. The SMILES string of the molecule is CC1c2cccc(Br)c2CSc2c(Cl)cccc21. The predicted molar refractivity (Wildman–Crippen MR) is 82.7 cm³/mol. The minimum Gasteiger partial charge on any atom is -0.119 e. The van der Waals surface area contributed by atoms with Crippen LogP contribution in [-0.2, 0) is 5.75 Å². The molecule has 18 heavy (non-hydrogen) atoms. The topological polar surface area (TPSA) is 0 Å². The van der Waals surface area contributed by atoms with Crippen molar-refractivity contribution in [3.05, 3.63) is 62.6 Å². The maximum atomic E-state index is 6.33. The van der Waals surface area contributed by atoms with E-state index in [9.17, 15) is 0 Å². The fraction of sp³-hybridized carbons (Fsp3) is 0.200. The second kappa shape index (κ2) is 4.92. The van der Waals surface area contributed by atoms with Crippen LogP contribution in [0.15, 0.2) is 45.8 Å². The van der Waals surface area contributed by atoms with Gasteiger partial charge in [-0.3, -0.25) is 0 Å². The van der Waals surface area contributed by atoms with Crippen molar-refractivity contribution in [1.29, 1.82) is 0 Å². The molecule has 0 aromatic heterocycles. The average molecular weight is 340 g/mol. The van der Waals surface area contributed by atoms with Gasteiger partial charge in [0.15, 0.2) is 0 Å². The van der Waals surface area contributed by atoms with E-state index in [0.29, 0.717) is 5.92 Å². The second-order valence-corrected chi connectivity index (χ2v) is 6.72. The van der Waals surface area contributed by atoms with Crippen molar-refractivity contribution in [1.82, 2.24) is 0 Å². The maximum Gasteiger partial charge on any atom is 0.0544 e. The fourth-order valence-corrected chi connectivity index (χ4v) is 4.75. The fourth-order valence-electron chi connectivity index (χ4n) is 2.46. The van der Waals surface area contributed by atoms with Crippen LogP contribution in [0.5, 0.6) is 0 Å². The quantitative estimate of drug-likeness (QED) is 0.579. The number of thioether (sulfide) groups is 1. The Morgan fingerprint density at radius 1 is 1.17 bits per heavy atom. The van der Waals surface area contributed by atoms with Gasteiger partial charge in [0.2, 0.25) is 0 Å². The molecular formula is C15H12BrClS. The molecule has 3 rings (SSSR count). The van der Waals surface area contributed by atoms with Crippen molar-refractivity contribution in [3.63, 3.8) is 0 Å². The van der Waals surface area contributed by atoms with Crippen molar-refractivity contribution in [2.24, 2.45) is 0 Å². The van der Waals surface area contributed by atoms with Crippen molar-refractivity contribution in [2.45, 2.75) is 23.5 Å². The number of fused-ring (bicyclic) bond motifs is 2. The normalized spacial score (nSPS) is 17.8. The van der Waals surface area contributed by atoms with Crippen molar-refractivity contribution in [2.75, 3.05) is 0 Å². The molecule has 0 saturated carbocycles. The molecule has 0 spiro atoms. The van der Waals surface area contributed by atoms with Crippen LogP contribution in [-0.4, -0.2) is 0 Å². The summed E-state index contributed by atoms with van der Waals surface area (Å²) < 4.78 is 1.20. The Morgan fingerprint density at radius 2 is 1.89 bits per heavy atom. The van der Waals surface area contributed by atoms with E-state index >= 15 is 0 Å². The molecule has 1 atom stereocenters. The first-order valence-electron chi connectivity index (χ1n) is 5.87. The summed E-state index contributed by atoms with van der Waals surface area (Å²) in [6.07, 6.45) is 0. The first-order chi connectivity index (χ1) is 8.68. The Bertz CT molecular complexity index is 556. The molecule has 2 aromatic rings. The van der Waals surface area contributed by atoms with E-state index in [-0.39, 0.29) is 0 Å². The van der Waals surface area contributed by atoms with Crippen LogP contribution in [0.1, 0.15) is 29.5 Å². The van der Waals surface area contributed by atoms with Crippen LogP contribution in [0, 0.1) is 0 Å². The molecule has 3 heteroatoms. The minimum atomic E-state index is 0.390. The third-order valence-electron chi connectivity index (χ3n) is 3.45. The molecule has 92 valence electrons. The van der Waals surface area contributed by atoms with Gasteiger partial charge in [-0.05, 0) is 28.8 Å². The average Bonchev–Trinajstić information content (AvgIpc) is 2.51. The van der Waals surface area contributed by atoms with E-state index in [0.717, 1.165) is 10.8 Å². The summed E-state index contributed by atoms with van der Waals surface area (Å²) >= 11 is 11.8. The Labute approximate surface area is 125 Å². The molecule has 1 heterocycles. The number of rotatable bonds is 0. The molecule has 1 aliphatic rings. The molecule has 0 radical (unpaired) electrons. The predicted octanol–water partition coefficient (Wildman–Crippen LogP) is 5.86. The van der Waals surface area contributed by atoms with E-state index in [1.807, 2.05) is 23.9 Å². The first-order valence-corrected chi connectivity index (χ1v) is 8.02. The zero-order valence-electron chi connectivity index (χ0n) is 9.91. The standard InChI is InChI=1S/C15H12BrClS/c1-9-10-4-2-6-13(16)12(10)8-18-15-11(9)5-3-7-14(15)17/h2-7,9H,8H2,1H3. The highest BCUT2D eigenvalue weighted by Gasteiger charge is 2.23. The van der Waals surface area contributed by atoms with Gasteiger partial charge >= 0.3 is 0 Å². The summed E-state index contributed by atoms with van der Waals surface area (Å²) in [5.41, 5.74) is 4.13. The molecular weight excluding hydrogens is 328 g/mol. The van der Waals surface area contributed by atoms with E-state index in [4.69, 9.17) is 11.6 Å². The van der Waals surface area contributed by atoms with E-state index in [2.05, 4.69) is 47.1 Å². The Kier molecular flexibility index (Phi) is 3.44. The van der Waals surface area contributed by atoms with Gasteiger partial charge in [0.25, 0.3) is 0 Å². The molecule has 0 nitrogen and oxygen atoms in total. The maximum absolute atomic E-state index is 6.33. The summed E-state index contributed by atoms with van der Waals surface area (Å²) in [5, 5.41) is 0.869. The third kappa shape index (κ3) is 2.01. The molecule has 0 fully saturated rings. The van der Waals surface area contributed by atoms with Crippen LogP contribution >= 0.6 is 39.3 Å². The molecule has 0 bridgehead atoms. The third-order valence-corrected chi connectivity index (χ3v) is 5.79. The van der Waals surface area contributed by atoms with E-state index in [1.54, 1.807) is 0 Å². The molecule has 1 aliphatic heterocycles. The van der Waals surface area contributed by atoms with Crippen molar-refractivity contribution in [3.8, 4) is 0 Å². The minimum absolute atomic E-state index is 0.390. The number of halogens is 2. The lowest BCUT2D eigenvalue weighted by atomic mass is 9.90. The summed E-state index contributed by atoms with van der Waals surface area (Å²) in [4.78, 5) is 1.23. The van der Waals surface area contributed by atoms with Gasteiger partial charge < -0.3 is 0 Å². The van der Waals surface area contributed by atoms with Gasteiger partial charge in [0.05, 0.1) is 5.02 Å². The lowest BCUT2D eigenvalue weighted by molar-refractivity contribution is 0.889. The number of hydrogen-bond acceptors (Lipinski definition) is 1. The molecule has 0 amide bonds. The zero-order chi connectivity index (χ0) is 12.7. The zero-order valence-corrected chi connectivity index (χ0v) is 13.1. The van der Waals surface area contributed by atoms with Gasteiger partial charge in [-0.15, -0.1) is 11.8 Å². The molecule has 0 aliphatic carbocycles. The lowest BCUT2D eigenvalue weighted by Crippen LogP contribution is -1.99. The van der Waals surface area contributed by atoms with E-state index in [1.165, 1.54) is 26.1 Å². The van der Waals surface area contributed by atoms with Crippen LogP contribution in [0.3, 0.4) is 0 Å². The van der Waals surface area contributed by atoms with Crippen molar-refractivity contribution >= 4 is 39.3 Å². The highest BCUT2D eigenvalue weighted by atomic mass is 79.9. The smallest absolute Gasteiger partial charge is 0.0544 e. The van der Waals surface area contributed by atoms with Crippen molar-refractivity contribution < 1.29 is 0 Å². The van der Waals surface area contributed by atoms with Gasteiger partial charge in [-0.2, -0.15) is 0 Å². The molecule has 1 unspecified atom stereocenters. The second-order valence-electron chi connectivity index (χ2n) is 4.48. The molecule has 2 aromatic carbocycles. The Balaban J connectivity index is 2.22. The number of hydrogen-bond donors (Lipinski definition) is 0. The van der Waals surface area contributed by atoms with Gasteiger partial charge in [0, 0.05) is 21.0 Å². The van der Waals surface area contributed by atoms with Crippen LogP contribution in [0.2, 0.25) is 5.02 Å². The lowest BCUT2D eigenvalue weighted by Gasteiger charge is -2.15. The highest BCUT2D eigenvalue weighted by molar-refractivity contribution is 9.10. The monoisotopic (exact) mass is 338 g/mol. The Morgan fingerprint density at radius 3 is 2.72 bits per heavy atom. The van der Waals surface area contributed by atoms with Gasteiger partial charge in [0.1, 0.15) is 0 Å². The summed E-state index contributed by atoms with van der Waals surface area (Å²) in [6.45, 7) is 2.26. The van der Waals surface area contributed by atoms with Gasteiger partial charge in [-0.1, -0.05) is 58.7 Å². The van der Waals surface area contributed by atoms with E-state index < -0.39 is 0 Å². The highest BCUT2D eigenvalue weighted by Crippen LogP contribution is 2.44. The summed E-state index contributed by atoms with van der Waals surface area (Å²) in [7, 11) is 0. The van der Waals surface area contributed by atoms with Gasteiger partial charge in [-0.25, -0.2) is 0 Å². The van der Waals surface area contributed by atoms with Crippen LogP contribution < -0.4 is 0 Å². The number of benzene rings is 2. The molecule has 0 N–H and O–H groups in total. The molecule has 0 saturated heterocycles. The van der Waals surface area contributed by atoms with Crippen LogP contribution in [0.25, 0.3) is 0 Å². The Hall–Kier alpha value is -0.440.